The molecule has 0 aliphatic heterocycles. The molecule has 3 aromatic heterocycles. The molecule has 0 bridgehead atoms. The second-order valence-corrected chi connectivity index (χ2v) is 9.50. The molecule has 38 heavy (non-hydrogen) atoms. The lowest BCUT2D eigenvalue weighted by molar-refractivity contribution is 0.0472. The van der Waals surface area contributed by atoms with Gasteiger partial charge in [0.2, 0.25) is 0 Å². The number of aryl methyl sites for hydroxylation is 4. The van der Waals surface area contributed by atoms with E-state index in [1.807, 2.05) is 60.8 Å². The number of hydrogen-bond acceptors (Lipinski definition) is 5. The third-order valence-electron chi connectivity index (χ3n) is 6.92. The van der Waals surface area contributed by atoms with Crippen LogP contribution in [0, 0.1) is 27.7 Å². The van der Waals surface area contributed by atoms with Crippen molar-refractivity contribution in [2.45, 2.75) is 40.8 Å². The standard InChI is InChI=1S/C31H30N4O3/c1-20-9-8-10-21(2)27(20)16-32-28-15-26(18-34-23(4)22(3)33-30(28)34)35-17-25(13-14-29(35)36)31(37)38-19-24-11-6-5-7-12-24/h5-15,17-18,32H,16,19H2,1-4H3. The van der Waals surface area contributed by atoms with Crippen LogP contribution in [0.1, 0.15) is 44.0 Å². The quantitative estimate of drug-likeness (QED) is 0.287. The van der Waals surface area contributed by atoms with Gasteiger partial charge in [-0.15, -0.1) is 0 Å². The number of rotatable bonds is 7. The van der Waals surface area contributed by atoms with Crippen LogP contribution in [0.15, 0.2) is 83.9 Å². The summed E-state index contributed by atoms with van der Waals surface area (Å²) in [6.07, 6.45) is 3.40. The molecule has 0 spiro atoms. The summed E-state index contributed by atoms with van der Waals surface area (Å²) in [7, 11) is 0. The Bertz CT molecular complexity index is 1680. The molecule has 0 aliphatic rings. The molecule has 192 valence electrons. The number of ether oxygens (including phenoxy) is 1. The zero-order valence-electron chi connectivity index (χ0n) is 22.0. The van der Waals surface area contributed by atoms with Gasteiger partial charge in [-0.1, -0.05) is 48.5 Å². The molecule has 3 heterocycles. The first-order valence-corrected chi connectivity index (χ1v) is 12.5. The minimum Gasteiger partial charge on any atom is -0.457 e. The van der Waals surface area contributed by atoms with E-state index in [0.29, 0.717) is 17.8 Å². The third-order valence-corrected chi connectivity index (χ3v) is 6.92. The minimum atomic E-state index is -0.494. The Morgan fingerprint density at radius 2 is 1.66 bits per heavy atom. The summed E-state index contributed by atoms with van der Waals surface area (Å²) >= 11 is 0. The maximum Gasteiger partial charge on any atom is 0.339 e. The number of carbonyl (C=O) groups is 1. The van der Waals surface area contributed by atoms with Crippen LogP contribution in [-0.4, -0.2) is 19.9 Å². The topological polar surface area (TPSA) is 77.6 Å². The third kappa shape index (κ3) is 4.95. The normalized spacial score (nSPS) is 11.1. The number of hydrogen-bond donors (Lipinski definition) is 1. The van der Waals surface area contributed by atoms with Crippen LogP contribution in [0.4, 0.5) is 5.69 Å². The highest BCUT2D eigenvalue weighted by atomic mass is 16.5. The molecular formula is C31H30N4O3. The Morgan fingerprint density at radius 3 is 2.39 bits per heavy atom. The molecule has 0 saturated heterocycles. The maximum atomic E-state index is 12.9. The van der Waals surface area contributed by atoms with E-state index >= 15 is 0 Å². The number of imidazole rings is 1. The van der Waals surface area contributed by atoms with Gasteiger partial charge in [-0.2, -0.15) is 0 Å². The lowest BCUT2D eigenvalue weighted by Crippen LogP contribution is -2.20. The molecule has 0 atom stereocenters. The summed E-state index contributed by atoms with van der Waals surface area (Å²) in [6.45, 7) is 8.93. The van der Waals surface area contributed by atoms with Crippen LogP contribution in [0.2, 0.25) is 0 Å². The zero-order chi connectivity index (χ0) is 26.8. The molecule has 0 fully saturated rings. The number of aromatic nitrogens is 3. The molecule has 1 N–H and O–H groups in total. The number of anilines is 1. The van der Waals surface area contributed by atoms with Gasteiger partial charge < -0.3 is 14.5 Å². The molecule has 5 rings (SSSR count). The second-order valence-electron chi connectivity index (χ2n) is 9.50. The van der Waals surface area contributed by atoms with Crippen molar-refractivity contribution in [3.63, 3.8) is 0 Å². The highest BCUT2D eigenvalue weighted by molar-refractivity contribution is 5.89. The van der Waals surface area contributed by atoms with Gasteiger partial charge >= 0.3 is 5.97 Å². The average Bonchev–Trinajstić information content (AvgIpc) is 3.21. The molecule has 2 aromatic carbocycles. The van der Waals surface area contributed by atoms with E-state index in [1.54, 1.807) is 0 Å². The number of esters is 1. The van der Waals surface area contributed by atoms with Crippen LogP contribution in [0.3, 0.4) is 0 Å². The molecule has 7 heteroatoms. The van der Waals surface area contributed by atoms with Crippen LogP contribution in [0.5, 0.6) is 0 Å². The van der Waals surface area contributed by atoms with Crippen molar-refractivity contribution in [1.82, 2.24) is 14.0 Å². The number of benzene rings is 2. The van der Waals surface area contributed by atoms with E-state index in [1.165, 1.54) is 39.6 Å². The van der Waals surface area contributed by atoms with E-state index in [4.69, 9.17) is 9.72 Å². The van der Waals surface area contributed by atoms with Crippen molar-refractivity contribution < 1.29 is 9.53 Å². The van der Waals surface area contributed by atoms with Gasteiger partial charge in [0.05, 0.1) is 22.6 Å². The highest BCUT2D eigenvalue weighted by Crippen LogP contribution is 2.25. The van der Waals surface area contributed by atoms with E-state index < -0.39 is 5.97 Å². The average molecular weight is 507 g/mol. The second kappa shape index (κ2) is 10.4. The minimum absolute atomic E-state index is 0.157. The van der Waals surface area contributed by atoms with Gasteiger partial charge in [-0.25, -0.2) is 9.78 Å². The molecule has 7 nitrogen and oxygen atoms in total. The van der Waals surface area contributed by atoms with Crippen molar-refractivity contribution in [2.75, 3.05) is 5.32 Å². The fourth-order valence-corrected chi connectivity index (χ4v) is 4.55. The summed E-state index contributed by atoms with van der Waals surface area (Å²) in [5, 5.41) is 3.54. The van der Waals surface area contributed by atoms with Crippen molar-refractivity contribution in [3.05, 3.63) is 129 Å². The Morgan fingerprint density at radius 1 is 0.921 bits per heavy atom. The number of carbonyl (C=O) groups excluding carboxylic acids is 1. The summed E-state index contributed by atoms with van der Waals surface area (Å²) in [4.78, 5) is 30.5. The first kappa shape index (κ1) is 25.0. The summed E-state index contributed by atoms with van der Waals surface area (Å²) in [5.41, 5.74) is 8.64. The SMILES string of the molecule is Cc1cccc(C)c1CNc1cc(-n2cc(C(=O)OCc3ccccc3)ccc2=O)cn2c(C)c(C)nc12. The largest absolute Gasteiger partial charge is 0.457 e. The van der Waals surface area contributed by atoms with Crippen molar-refractivity contribution >= 4 is 17.3 Å². The number of nitrogens with zero attached hydrogens (tertiary/aromatic N) is 3. The van der Waals surface area contributed by atoms with Gasteiger partial charge in [0.15, 0.2) is 5.65 Å². The van der Waals surface area contributed by atoms with Gasteiger partial charge in [0.1, 0.15) is 6.61 Å². The molecule has 0 radical (unpaired) electrons. The predicted octanol–water partition coefficient (Wildman–Crippen LogP) is 5.69. The monoisotopic (exact) mass is 506 g/mol. The van der Waals surface area contributed by atoms with Crippen LogP contribution in [-0.2, 0) is 17.9 Å². The van der Waals surface area contributed by atoms with E-state index in [0.717, 1.165) is 28.3 Å². The molecule has 0 saturated carbocycles. The zero-order valence-corrected chi connectivity index (χ0v) is 22.0. The summed E-state index contributed by atoms with van der Waals surface area (Å²) < 4.78 is 8.94. The number of pyridine rings is 2. The lowest BCUT2D eigenvalue weighted by Gasteiger charge is -2.15. The maximum absolute atomic E-state index is 12.9. The van der Waals surface area contributed by atoms with E-state index in [-0.39, 0.29) is 12.2 Å². The van der Waals surface area contributed by atoms with Gasteiger partial charge in [0.25, 0.3) is 5.56 Å². The Labute approximate surface area is 221 Å². The fourth-order valence-electron chi connectivity index (χ4n) is 4.55. The Kier molecular flexibility index (Phi) is 6.83. The predicted molar refractivity (Wildman–Crippen MR) is 149 cm³/mol. The highest BCUT2D eigenvalue weighted by Gasteiger charge is 2.15. The molecule has 0 unspecified atom stereocenters. The van der Waals surface area contributed by atoms with Crippen molar-refractivity contribution in [3.8, 4) is 5.69 Å². The van der Waals surface area contributed by atoms with Gasteiger partial charge in [-0.3, -0.25) is 9.36 Å². The first-order valence-electron chi connectivity index (χ1n) is 12.5. The fraction of sp³-hybridized carbons (Fsp3) is 0.194. The Hall–Kier alpha value is -4.65. The first-order chi connectivity index (χ1) is 18.3. The van der Waals surface area contributed by atoms with Crippen LogP contribution in [0.25, 0.3) is 11.3 Å². The van der Waals surface area contributed by atoms with Crippen LogP contribution >= 0.6 is 0 Å². The van der Waals surface area contributed by atoms with E-state index in [9.17, 15) is 9.59 Å². The summed E-state index contributed by atoms with van der Waals surface area (Å²) in [6, 6.07) is 20.5. The lowest BCUT2D eigenvalue weighted by atomic mass is 10.0. The molecule has 0 amide bonds. The van der Waals surface area contributed by atoms with Gasteiger partial charge in [0, 0.05) is 30.7 Å². The number of nitrogens with one attached hydrogen (secondary N) is 1. The Balaban J connectivity index is 1.51. The summed E-state index contributed by atoms with van der Waals surface area (Å²) in [5.74, 6) is -0.494. The van der Waals surface area contributed by atoms with Crippen molar-refractivity contribution in [1.29, 1.82) is 0 Å². The number of fused-ring (bicyclic) bond motifs is 1. The van der Waals surface area contributed by atoms with Crippen LogP contribution < -0.4 is 10.9 Å². The van der Waals surface area contributed by atoms with Gasteiger partial charge in [-0.05, 0) is 62.1 Å². The van der Waals surface area contributed by atoms with E-state index in [2.05, 4.69) is 37.4 Å². The smallest absolute Gasteiger partial charge is 0.339 e. The van der Waals surface area contributed by atoms with Crippen molar-refractivity contribution in [2.24, 2.45) is 0 Å². The molecular weight excluding hydrogens is 476 g/mol. The molecule has 5 aromatic rings. The molecule has 0 aliphatic carbocycles.